The van der Waals surface area contributed by atoms with Crippen LogP contribution in [0.2, 0.25) is 0 Å². The molecular weight excluding hydrogens is 354 g/mol. The number of nitrogens with zero attached hydrogens (tertiary/aromatic N) is 2. The van der Waals surface area contributed by atoms with Crippen molar-refractivity contribution in [3.05, 3.63) is 48.5 Å². The Morgan fingerprint density at radius 1 is 1.07 bits per heavy atom. The van der Waals surface area contributed by atoms with Crippen molar-refractivity contribution in [1.29, 1.82) is 0 Å². The predicted octanol–water partition coefficient (Wildman–Crippen LogP) is 5.97. The van der Waals surface area contributed by atoms with Crippen LogP contribution in [0.3, 0.4) is 0 Å². The molecule has 5 heteroatoms. The van der Waals surface area contributed by atoms with Gasteiger partial charge in [-0.15, -0.1) is 0 Å². The van der Waals surface area contributed by atoms with Crippen LogP contribution in [-0.4, -0.2) is 22.5 Å². The minimum Gasteiger partial charge on any atom is -0.497 e. The molecule has 2 aromatic carbocycles. The SMILES string of the molecule is COc1ccc2c(c1)sc1nc(-c3ccccc3)c(NC3CCCCC3)n12. The number of anilines is 1. The van der Waals surface area contributed by atoms with Gasteiger partial charge in [-0.25, -0.2) is 4.98 Å². The molecule has 27 heavy (non-hydrogen) atoms. The van der Waals surface area contributed by atoms with E-state index in [-0.39, 0.29) is 0 Å². The van der Waals surface area contributed by atoms with Crippen LogP contribution in [0.1, 0.15) is 32.1 Å². The van der Waals surface area contributed by atoms with Crippen LogP contribution in [-0.2, 0) is 0 Å². The van der Waals surface area contributed by atoms with E-state index < -0.39 is 0 Å². The Bertz CT molecular complexity index is 1080. The summed E-state index contributed by atoms with van der Waals surface area (Å²) < 4.78 is 8.89. The third kappa shape index (κ3) is 2.96. The van der Waals surface area contributed by atoms with Crippen molar-refractivity contribution < 1.29 is 4.74 Å². The molecule has 5 rings (SSSR count). The molecule has 2 heterocycles. The number of methoxy groups -OCH3 is 1. The molecule has 4 aromatic rings. The molecule has 0 amide bonds. The van der Waals surface area contributed by atoms with Gasteiger partial charge in [0.2, 0.25) is 0 Å². The Morgan fingerprint density at radius 2 is 1.89 bits per heavy atom. The average molecular weight is 378 g/mol. The zero-order valence-electron chi connectivity index (χ0n) is 15.4. The van der Waals surface area contributed by atoms with Crippen molar-refractivity contribution in [2.24, 2.45) is 0 Å². The first-order chi connectivity index (χ1) is 13.3. The third-order valence-corrected chi connectivity index (χ3v) is 6.45. The van der Waals surface area contributed by atoms with Gasteiger partial charge in [0.05, 0.1) is 17.3 Å². The van der Waals surface area contributed by atoms with Gasteiger partial charge in [0.15, 0.2) is 4.96 Å². The van der Waals surface area contributed by atoms with Crippen LogP contribution in [0.25, 0.3) is 26.4 Å². The van der Waals surface area contributed by atoms with Gasteiger partial charge in [-0.05, 0) is 31.0 Å². The van der Waals surface area contributed by atoms with Gasteiger partial charge in [-0.1, -0.05) is 60.9 Å². The van der Waals surface area contributed by atoms with Crippen LogP contribution < -0.4 is 10.1 Å². The summed E-state index contributed by atoms with van der Waals surface area (Å²) in [5.41, 5.74) is 3.39. The molecule has 0 atom stereocenters. The highest BCUT2D eigenvalue weighted by Crippen LogP contribution is 2.38. The zero-order chi connectivity index (χ0) is 18.2. The van der Waals surface area contributed by atoms with Crippen LogP contribution in [0.4, 0.5) is 5.82 Å². The second-order valence-corrected chi connectivity index (χ2v) is 8.22. The number of hydrogen-bond acceptors (Lipinski definition) is 4. The van der Waals surface area contributed by atoms with Crippen molar-refractivity contribution in [3.8, 4) is 17.0 Å². The minimum absolute atomic E-state index is 0.523. The molecule has 0 bridgehead atoms. The Balaban J connectivity index is 1.69. The number of rotatable bonds is 4. The summed E-state index contributed by atoms with van der Waals surface area (Å²) >= 11 is 1.71. The highest BCUT2D eigenvalue weighted by molar-refractivity contribution is 7.23. The van der Waals surface area contributed by atoms with Crippen molar-refractivity contribution in [1.82, 2.24) is 9.38 Å². The second kappa shape index (κ2) is 6.89. The van der Waals surface area contributed by atoms with E-state index in [1.165, 1.54) is 42.3 Å². The maximum Gasteiger partial charge on any atom is 0.197 e. The lowest BCUT2D eigenvalue weighted by molar-refractivity contribution is 0.415. The Hall–Kier alpha value is -2.53. The molecule has 1 saturated carbocycles. The van der Waals surface area contributed by atoms with Gasteiger partial charge in [-0.3, -0.25) is 4.40 Å². The Kier molecular flexibility index (Phi) is 4.24. The van der Waals surface area contributed by atoms with Gasteiger partial charge >= 0.3 is 0 Å². The summed E-state index contributed by atoms with van der Waals surface area (Å²) in [7, 11) is 1.71. The lowest BCUT2D eigenvalue weighted by atomic mass is 9.95. The van der Waals surface area contributed by atoms with E-state index in [9.17, 15) is 0 Å². The van der Waals surface area contributed by atoms with Crippen LogP contribution in [0.15, 0.2) is 48.5 Å². The summed E-state index contributed by atoms with van der Waals surface area (Å²) in [6, 6.07) is 17.3. The zero-order valence-corrected chi connectivity index (χ0v) is 16.3. The molecule has 1 N–H and O–H groups in total. The number of thiazole rings is 1. The van der Waals surface area contributed by atoms with E-state index in [0.29, 0.717) is 6.04 Å². The molecule has 0 radical (unpaired) electrons. The number of fused-ring (bicyclic) bond motifs is 3. The standard InChI is InChI=1S/C22H23N3OS/c1-26-17-12-13-18-19(14-17)27-22-24-20(15-8-4-2-5-9-15)21(25(18)22)23-16-10-6-3-7-11-16/h2,4-5,8-9,12-14,16,23H,3,6-7,10-11H2,1H3. The van der Waals surface area contributed by atoms with Gasteiger partial charge in [-0.2, -0.15) is 0 Å². The second-order valence-electron chi connectivity index (χ2n) is 7.21. The van der Waals surface area contributed by atoms with Crippen LogP contribution in [0, 0.1) is 0 Å². The monoisotopic (exact) mass is 377 g/mol. The molecule has 0 spiro atoms. The molecule has 2 aromatic heterocycles. The lowest BCUT2D eigenvalue weighted by Gasteiger charge is -2.24. The van der Waals surface area contributed by atoms with Gasteiger partial charge < -0.3 is 10.1 Å². The maximum atomic E-state index is 5.40. The number of imidazole rings is 1. The smallest absolute Gasteiger partial charge is 0.197 e. The van der Waals surface area contributed by atoms with E-state index in [2.05, 4.69) is 52.2 Å². The number of ether oxygens (including phenoxy) is 1. The highest BCUT2D eigenvalue weighted by atomic mass is 32.1. The molecule has 0 unspecified atom stereocenters. The Morgan fingerprint density at radius 3 is 2.67 bits per heavy atom. The van der Waals surface area contributed by atoms with E-state index in [0.717, 1.165) is 27.8 Å². The first-order valence-electron chi connectivity index (χ1n) is 9.64. The molecule has 4 nitrogen and oxygen atoms in total. The number of aromatic nitrogens is 2. The first kappa shape index (κ1) is 16.6. The summed E-state index contributed by atoms with van der Waals surface area (Å²) in [6.07, 6.45) is 6.44. The van der Waals surface area contributed by atoms with Crippen LogP contribution in [0.5, 0.6) is 5.75 Å². The topological polar surface area (TPSA) is 38.6 Å². The summed E-state index contributed by atoms with van der Waals surface area (Å²) in [6.45, 7) is 0. The molecule has 1 fully saturated rings. The fourth-order valence-corrected chi connectivity index (χ4v) is 5.10. The van der Waals surface area contributed by atoms with Gasteiger partial charge in [0, 0.05) is 11.6 Å². The van der Waals surface area contributed by atoms with Crippen molar-refractivity contribution in [2.45, 2.75) is 38.1 Å². The maximum absolute atomic E-state index is 5.40. The molecule has 0 aliphatic heterocycles. The van der Waals surface area contributed by atoms with E-state index in [1.807, 2.05) is 6.07 Å². The number of nitrogens with one attached hydrogen (secondary N) is 1. The minimum atomic E-state index is 0.523. The molecule has 138 valence electrons. The largest absolute Gasteiger partial charge is 0.497 e. The summed E-state index contributed by atoms with van der Waals surface area (Å²) in [4.78, 5) is 6.04. The molecule has 1 aliphatic carbocycles. The third-order valence-electron chi connectivity index (χ3n) is 5.45. The van der Waals surface area contributed by atoms with Crippen LogP contribution >= 0.6 is 11.3 Å². The lowest BCUT2D eigenvalue weighted by Crippen LogP contribution is -2.23. The average Bonchev–Trinajstić information content (AvgIpc) is 3.25. The predicted molar refractivity (Wildman–Crippen MR) is 113 cm³/mol. The molecule has 1 aliphatic rings. The van der Waals surface area contributed by atoms with E-state index in [4.69, 9.17) is 9.72 Å². The van der Waals surface area contributed by atoms with Crippen molar-refractivity contribution in [2.75, 3.05) is 12.4 Å². The van der Waals surface area contributed by atoms with E-state index >= 15 is 0 Å². The first-order valence-corrected chi connectivity index (χ1v) is 10.5. The normalized spacial score (nSPS) is 15.4. The van der Waals surface area contributed by atoms with Crippen molar-refractivity contribution >= 4 is 32.3 Å². The number of benzene rings is 2. The summed E-state index contributed by atoms with van der Waals surface area (Å²) in [5.74, 6) is 2.01. The van der Waals surface area contributed by atoms with E-state index in [1.54, 1.807) is 18.4 Å². The van der Waals surface area contributed by atoms with Gasteiger partial charge in [0.1, 0.15) is 17.3 Å². The molecular formula is C22H23N3OS. The molecule has 0 saturated heterocycles. The van der Waals surface area contributed by atoms with Gasteiger partial charge in [0.25, 0.3) is 0 Å². The fourth-order valence-electron chi connectivity index (χ4n) is 4.05. The quantitative estimate of drug-likeness (QED) is 0.476. The Labute approximate surface area is 162 Å². The number of hydrogen-bond donors (Lipinski definition) is 1. The van der Waals surface area contributed by atoms with Crippen molar-refractivity contribution in [3.63, 3.8) is 0 Å². The highest BCUT2D eigenvalue weighted by Gasteiger charge is 2.22. The fraction of sp³-hybridized carbons (Fsp3) is 0.318. The summed E-state index contributed by atoms with van der Waals surface area (Å²) in [5, 5.41) is 3.85.